The highest BCUT2D eigenvalue weighted by atomic mass is 16.5. The molecule has 0 radical (unpaired) electrons. The van der Waals surface area contributed by atoms with E-state index in [2.05, 4.69) is 34.0 Å². The molecular formula is C15H17N3O. The van der Waals surface area contributed by atoms with Crippen LogP contribution in [0.15, 0.2) is 30.6 Å². The lowest BCUT2D eigenvalue weighted by molar-refractivity contribution is 0.284. The maximum absolute atomic E-state index is 5.71. The zero-order valence-electron chi connectivity index (χ0n) is 11.2. The molecule has 0 amide bonds. The Balaban J connectivity index is 1.55. The molecule has 4 heteroatoms. The second-order valence-corrected chi connectivity index (χ2v) is 5.12. The zero-order chi connectivity index (χ0) is 13.2. The smallest absolute Gasteiger partial charge is 0.216 e. The zero-order valence-corrected chi connectivity index (χ0v) is 11.2. The lowest BCUT2D eigenvalue weighted by Gasteiger charge is -2.05. The third-order valence-corrected chi connectivity index (χ3v) is 3.43. The Bertz CT molecular complexity index is 568. The molecule has 1 unspecified atom stereocenters. The predicted octanol–water partition coefficient (Wildman–Crippen LogP) is 2.67. The van der Waals surface area contributed by atoms with Crippen LogP contribution in [0.5, 0.6) is 5.88 Å². The summed E-state index contributed by atoms with van der Waals surface area (Å²) < 4.78 is 5.71. The first-order chi connectivity index (χ1) is 9.22. The number of pyridine rings is 1. The maximum atomic E-state index is 5.71. The molecule has 4 nitrogen and oxygen atoms in total. The van der Waals surface area contributed by atoms with Gasteiger partial charge in [-0.05, 0) is 31.9 Å². The van der Waals surface area contributed by atoms with Crippen LogP contribution < -0.4 is 4.74 Å². The van der Waals surface area contributed by atoms with Gasteiger partial charge in [0.2, 0.25) is 5.88 Å². The summed E-state index contributed by atoms with van der Waals surface area (Å²) >= 11 is 0. The van der Waals surface area contributed by atoms with E-state index in [1.807, 2.05) is 13.1 Å². The topological polar surface area (TPSA) is 47.9 Å². The van der Waals surface area contributed by atoms with E-state index in [0.717, 1.165) is 12.2 Å². The number of hydrogen-bond acceptors (Lipinski definition) is 4. The highest BCUT2D eigenvalue weighted by Crippen LogP contribution is 2.46. The molecule has 1 saturated carbocycles. The van der Waals surface area contributed by atoms with Crippen molar-refractivity contribution in [3.8, 4) is 5.88 Å². The highest BCUT2D eigenvalue weighted by molar-refractivity contribution is 5.21. The summed E-state index contributed by atoms with van der Waals surface area (Å²) in [6.45, 7) is 4.63. The van der Waals surface area contributed by atoms with Gasteiger partial charge in [-0.3, -0.25) is 4.98 Å². The molecule has 1 fully saturated rings. The molecule has 0 aliphatic heterocycles. The predicted molar refractivity (Wildman–Crippen MR) is 72.1 cm³/mol. The first kappa shape index (κ1) is 12.1. The molecule has 1 aliphatic rings. The Morgan fingerprint density at radius 1 is 1.21 bits per heavy atom. The maximum Gasteiger partial charge on any atom is 0.216 e. The van der Waals surface area contributed by atoms with Crippen molar-refractivity contribution in [1.82, 2.24) is 15.0 Å². The lowest BCUT2D eigenvalue weighted by atomic mass is 10.2. The van der Waals surface area contributed by atoms with Crippen LogP contribution in [0.3, 0.4) is 0 Å². The van der Waals surface area contributed by atoms with Crippen LogP contribution in [0.4, 0.5) is 0 Å². The number of nitrogens with zero attached hydrogens (tertiary/aromatic N) is 3. The molecule has 0 bridgehead atoms. The monoisotopic (exact) mass is 255 g/mol. The number of aryl methyl sites for hydroxylation is 2. The van der Waals surface area contributed by atoms with Crippen LogP contribution >= 0.6 is 0 Å². The second kappa shape index (κ2) is 4.96. The standard InChI is InChI=1S/C15H17N3O/c1-10-3-4-14(17-8-10)13-7-12(13)9-19-15-5-6-16-11(2)18-15/h3-6,8,12-13H,7,9H2,1-2H3/t12?,13-/m0/s1. The fourth-order valence-electron chi connectivity index (χ4n) is 2.20. The van der Waals surface area contributed by atoms with Gasteiger partial charge in [0.05, 0.1) is 6.61 Å². The largest absolute Gasteiger partial charge is 0.477 e. The quantitative estimate of drug-likeness (QED) is 0.842. The van der Waals surface area contributed by atoms with E-state index in [1.54, 1.807) is 12.3 Å². The molecule has 2 aromatic heterocycles. The van der Waals surface area contributed by atoms with Crippen molar-refractivity contribution in [2.45, 2.75) is 26.2 Å². The van der Waals surface area contributed by atoms with E-state index in [4.69, 9.17) is 4.74 Å². The van der Waals surface area contributed by atoms with Gasteiger partial charge in [-0.15, -0.1) is 0 Å². The van der Waals surface area contributed by atoms with Crippen molar-refractivity contribution in [2.24, 2.45) is 5.92 Å². The van der Waals surface area contributed by atoms with Crippen molar-refractivity contribution < 1.29 is 4.74 Å². The molecule has 2 aromatic rings. The van der Waals surface area contributed by atoms with Gasteiger partial charge < -0.3 is 4.74 Å². The molecule has 19 heavy (non-hydrogen) atoms. The summed E-state index contributed by atoms with van der Waals surface area (Å²) in [6.07, 6.45) is 4.81. The fourth-order valence-corrected chi connectivity index (χ4v) is 2.20. The molecule has 2 heterocycles. The van der Waals surface area contributed by atoms with Gasteiger partial charge in [0.15, 0.2) is 0 Å². The van der Waals surface area contributed by atoms with Crippen LogP contribution in [0.25, 0.3) is 0 Å². The summed E-state index contributed by atoms with van der Waals surface area (Å²) in [7, 11) is 0. The summed E-state index contributed by atoms with van der Waals surface area (Å²) in [5, 5.41) is 0. The van der Waals surface area contributed by atoms with Crippen molar-refractivity contribution >= 4 is 0 Å². The van der Waals surface area contributed by atoms with Gasteiger partial charge in [-0.25, -0.2) is 4.98 Å². The number of hydrogen-bond donors (Lipinski definition) is 0. The van der Waals surface area contributed by atoms with E-state index in [9.17, 15) is 0 Å². The summed E-state index contributed by atoms with van der Waals surface area (Å²) in [6, 6.07) is 6.04. The van der Waals surface area contributed by atoms with Crippen LogP contribution in [0.1, 0.15) is 29.4 Å². The number of rotatable bonds is 4. The van der Waals surface area contributed by atoms with Crippen molar-refractivity contribution in [3.05, 3.63) is 47.7 Å². The Labute approximate surface area is 112 Å². The molecule has 0 aromatic carbocycles. The minimum absolute atomic E-state index is 0.545. The first-order valence-electron chi connectivity index (χ1n) is 6.57. The van der Waals surface area contributed by atoms with Crippen molar-refractivity contribution in [3.63, 3.8) is 0 Å². The van der Waals surface area contributed by atoms with Crippen molar-refractivity contribution in [1.29, 1.82) is 0 Å². The third kappa shape index (κ3) is 2.89. The highest BCUT2D eigenvalue weighted by Gasteiger charge is 2.39. The Hall–Kier alpha value is -1.97. The van der Waals surface area contributed by atoms with Crippen LogP contribution in [-0.4, -0.2) is 21.6 Å². The Kier molecular flexibility index (Phi) is 3.15. The second-order valence-electron chi connectivity index (χ2n) is 5.12. The van der Waals surface area contributed by atoms with E-state index < -0.39 is 0 Å². The Morgan fingerprint density at radius 3 is 2.84 bits per heavy atom. The first-order valence-corrected chi connectivity index (χ1v) is 6.57. The molecule has 98 valence electrons. The molecule has 2 atom stereocenters. The lowest BCUT2D eigenvalue weighted by Crippen LogP contribution is -2.03. The number of ether oxygens (including phenoxy) is 1. The molecule has 0 N–H and O–H groups in total. The van der Waals surface area contributed by atoms with Gasteiger partial charge in [0.1, 0.15) is 5.82 Å². The number of aromatic nitrogens is 3. The van der Waals surface area contributed by atoms with E-state index in [1.165, 1.54) is 11.3 Å². The molecule has 3 rings (SSSR count). The molecule has 0 saturated heterocycles. The van der Waals surface area contributed by atoms with Gasteiger partial charge in [0, 0.05) is 36.0 Å². The fraction of sp³-hybridized carbons (Fsp3) is 0.400. The summed E-state index contributed by atoms with van der Waals surface area (Å²) in [5.41, 5.74) is 2.38. The normalized spacial score (nSPS) is 21.2. The summed E-state index contributed by atoms with van der Waals surface area (Å²) in [4.78, 5) is 12.8. The van der Waals surface area contributed by atoms with E-state index >= 15 is 0 Å². The Morgan fingerprint density at radius 2 is 2.11 bits per heavy atom. The molecular weight excluding hydrogens is 238 g/mol. The average Bonchev–Trinajstić information content (AvgIpc) is 3.17. The minimum atomic E-state index is 0.545. The van der Waals surface area contributed by atoms with Gasteiger partial charge in [0.25, 0.3) is 0 Å². The van der Waals surface area contributed by atoms with Crippen LogP contribution in [-0.2, 0) is 0 Å². The summed E-state index contributed by atoms with van der Waals surface area (Å²) in [5.74, 6) is 2.51. The van der Waals surface area contributed by atoms with Crippen molar-refractivity contribution in [2.75, 3.05) is 6.61 Å². The third-order valence-electron chi connectivity index (χ3n) is 3.43. The van der Waals surface area contributed by atoms with E-state index in [-0.39, 0.29) is 0 Å². The van der Waals surface area contributed by atoms with Crippen LogP contribution in [0, 0.1) is 19.8 Å². The average molecular weight is 255 g/mol. The molecule has 1 aliphatic carbocycles. The van der Waals surface area contributed by atoms with Gasteiger partial charge in [-0.2, -0.15) is 4.98 Å². The van der Waals surface area contributed by atoms with Gasteiger partial charge >= 0.3 is 0 Å². The van der Waals surface area contributed by atoms with Gasteiger partial charge in [-0.1, -0.05) is 6.07 Å². The minimum Gasteiger partial charge on any atom is -0.477 e. The van der Waals surface area contributed by atoms with Crippen LogP contribution in [0.2, 0.25) is 0 Å². The molecule has 0 spiro atoms. The SMILES string of the molecule is Cc1ccc([C@H]2CC2COc2ccnc(C)n2)nc1. The van der Waals surface area contributed by atoms with E-state index in [0.29, 0.717) is 24.3 Å².